The molecule has 0 fully saturated rings. The first-order chi connectivity index (χ1) is 14.0. The normalized spacial score (nSPS) is 14.0. The molecule has 0 heterocycles. The van der Waals surface area contributed by atoms with Gasteiger partial charge in [0.2, 0.25) is 0 Å². The van der Waals surface area contributed by atoms with E-state index in [-0.39, 0.29) is 10.8 Å². The van der Waals surface area contributed by atoms with Gasteiger partial charge in [-0.25, -0.2) is 0 Å². The second-order valence-electron chi connectivity index (χ2n) is 7.38. The molecule has 0 nitrogen and oxygen atoms in total. The van der Waals surface area contributed by atoms with Crippen LogP contribution in [0, 0.1) is 0 Å². The second kappa shape index (κ2) is 5.40. The Hall–Kier alpha value is -2.06. The molecule has 6 rings (SSSR count). The number of alkyl halides is 6. The molecule has 0 amide bonds. The van der Waals surface area contributed by atoms with Gasteiger partial charge in [-0.15, -0.1) is 0 Å². The Morgan fingerprint density at radius 3 is 1.23 bits per heavy atom. The van der Waals surface area contributed by atoms with Crippen molar-refractivity contribution in [1.82, 2.24) is 0 Å². The van der Waals surface area contributed by atoms with Gasteiger partial charge in [0.15, 0.2) is 0 Å². The van der Waals surface area contributed by atoms with Gasteiger partial charge in [-0.05, 0) is 66.0 Å². The van der Waals surface area contributed by atoms with Gasteiger partial charge in [0, 0.05) is 8.95 Å². The number of rotatable bonds is 0. The third-order valence-corrected chi connectivity index (χ3v) is 7.20. The zero-order chi connectivity index (χ0) is 21.3. The van der Waals surface area contributed by atoms with Crippen molar-refractivity contribution >= 4 is 85.7 Å². The molecule has 0 bridgehead atoms. The van der Waals surface area contributed by atoms with Crippen molar-refractivity contribution in [2.24, 2.45) is 0 Å². The highest BCUT2D eigenvalue weighted by atomic mass is 79.9. The predicted octanol–water partition coefficient (Wildman–Crippen LogP) is 9.33. The molecule has 0 atom stereocenters. The fourth-order valence-corrected chi connectivity index (χ4v) is 6.05. The lowest BCUT2D eigenvalue weighted by molar-refractivity contribution is -0.160. The molecule has 0 radical (unpaired) electrons. The van der Waals surface area contributed by atoms with Gasteiger partial charge >= 0.3 is 12.4 Å². The Morgan fingerprint density at radius 1 is 0.500 bits per heavy atom. The molecule has 6 aromatic rings. The van der Waals surface area contributed by atoms with Crippen LogP contribution >= 0.6 is 31.9 Å². The molecule has 0 unspecified atom stereocenters. The molecule has 0 aliphatic carbocycles. The maximum absolute atomic E-state index is 14.1. The quantitative estimate of drug-likeness (QED) is 0.132. The van der Waals surface area contributed by atoms with Crippen LogP contribution in [-0.4, -0.2) is 0 Å². The number of benzene rings is 5. The Balaban J connectivity index is 2.13. The number of hydrogen-bond donors (Lipinski definition) is 0. The van der Waals surface area contributed by atoms with E-state index in [0.717, 1.165) is 5.39 Å². The lowest BCUT2D eigenvalue weighted by Gasteiger charge is -2.21. The maximum atomic E-state index is 14.1. The fourth-order valence-electron chi connectivity index (χ4n) is 4.93. The van der Waals surface area contributed by atoms with Crippen molar-refractivity contribution in [3.8, 4) is 0 Å². The second-order valence-corrected chi connectivity index (χ2v) is 9.09. The highest BCUT2D eigenvalue weighted by Crippen LogP contribution is 2.56. The largest absolute Gasteiger partial charge is 0.417 e. The van der Waals surface area contributed by atoms with Crippen LogP contribution in [0.2, 0.25) is 0 Å². The van der Waals surface area contributed by atoms with E-state index in [4.69, 9.17) is 0 Å². The Bertz CT molecular complexity index is 1510. The third kappa shape index (κ3) is 2.09. The van der Waals surface area contributed by atoms with Crippen LogP contribution in [0.5, 0.6) is 0 Å². The number of hydrogen-bond acceptors (Lipinski definition) is 0. The molecule has 0 aliphatic heterocycles. The van der Waals surface area contributed by atoms with Gasteiger partial charge in [-0.3, -0.25) is 0 Å². The summed E-state index contributed by atoms with van der Waals surface area (Å²) in [6.07, 6.45) is -10.4. The van der Waals surface area contributed by atoms with Crippen LogP contribution in [0.15, 0.2) is 45.3 Å². The molecule has 30 heavy (non-hydrogen) atoms. The van der Waals surface area contributed by atoms with Gasteiger partial charge in [0.25, 0.3) is 0 Å². The molecule has 8 heteroatoms. The predicted molar refractivity (Wildman–Crippen MR) is 113 cm³/mol. The van der Waals surface area contributed by atoms with Gasteiger partial charge in [0.1, 0.15) is 0 Å². The topological polar surface area (TPSA) is 0 Å². The van der Waals surface area contributed by atoms with Gasteiger partial charge < -0.3 is 0 Å². The highest BCUT2D eigenvalue weighted by Gasteiger charge is 2.47. The molecule has 0 spiro atoms. The minimum absolute atomic E-state index is 0.229. The summed E-state index contributed by atoms with van der Waals surface area (Å²) in [4.78, 5) is 0. The summed E-state index contributed by atoms with van der Waals surface area (Å²) in [7, 11) is 0. The van der Waals surface area contributed by atoms with Crippen LogP contribution in [0.3, 0.4) is 0 Å². The molecular weight excluding hydrogens is 538 g/mol. The van der Waals surface area contributed by atoms with Crippen LogP contribution < -0.4 is 0 Å². The van der Waals surface area contributed by atoms with Crippen molar-refractivity contribution in [1.29, 1.82) is 0 Å². The molecular formula is C22H6Br2F6. The maximum Gasteiger partial charge on any atom is 0.417 e. The van der Waals surface area contributed by atoms with Crippen LogP contribution in [0.25, 0.3) is 53.9 Å². The van der Waals surface area contributed by atoms with Gasteiger partial charge in [-0.1, -0.05) is 56.1 Å². The van der Waals surface area contributed by atoms with Gasteiger partial charge in [0.05, 0.1) is 11.1 Å². The third-order valence-electron chi connectivity index (χ3n) is 5.89. The van der Waals surface area contributed by atoms with E-state index in [2.05, 4.69) is 31.9 Å². The first-order valence-corrected chi connectivity index (χ1v) is 10.3. The smallest absolute Gasteiger partial charge is 0.166 e. The van der Waals surface area contributed by atoms with Crippen molar-refractivity contribution in [2.75, 3.05) is 0 Å². The van der Waals surface area contributed by atoms with Crippen LogP contribution in [0.4, 0.5) is 26.3 Å². The summed E-state index contributed by atoms with van der Waals surface area (Å²) in [6.45, 7) is 0. The fraction of sp³-hybridized carbons (Fsp3) is 0.0909. The first-order valence-electron chi connectivity index (χ1n) is 8.74. The molecule has 6 aromatic carbocycles. The summed E-state index contributed by atoms with van der Waals surface area (Å²) in [5.41, 5.74) is -3.28. The van der Waals surface area contributed by atoms with Crippen molar-refractivity contribution in [3.63, 3.8) is 0 Å². The van der Waals surface area contributed by atoms with E-state index in [9.17, 15) is 26.3 Å². The molecule has 0 saturated carbocycles. The summed E-state index contributed by atoms with van der Waals surface area (Å²) in [5.74, 6) is 0. The van der Waals surface area contributed by atoms with E-state index in [1.807, 2.05) is 12.1 Å². The van der Waals surface area contributed by atoms with E-state index in [1.54, 1.807) is 12.1 Å². The molecule has 0 saturated heterocycles. The van der Waals surface area contributed by atoms with E-state index in [0.29, 0.717) is 35.9 Å². The van der Waals surface area contributed by atoms with Gasteiger partial charge in [-0.2, -0.15) is 26.3 Å². The summed E-state index contributed by atoms with van der Waals surface area (Å²) < 4.78 is 85.3. The summed E-state index contributed by atoms with van der Waals surface area (Å²) in [6, 6.07) is 9.57. The molecule has 150 valence electrons. The van der Waals surface area contributed by atoms with E-state index < -0.39 is 34.3 Å². The minimum Gasteiger partial charge on any atom is -0.166 e. The average Bonchev–Trinajstić information content (AvgIpc) is 2.99. The first kappa shape index (κ1) is 18.7. The monoisotopic (exact) mass is 542 g/mol. The summed E-state index contributed by atoms with van der Waals surface area (Å²) in [5, 5.41) is 3.49. The molecule has 0 aliphatic rings. The SMILES string of the molecule is FC(F)(F)c1c(C(F)(F)F)c2cc(Br)c3ccc4ccc5c(Br)cc1c1c5c4c3c21. The highest BCUT2D eigenvalue weighted by molar-refractivity contribution is 9.11. The zero-order valence-electron chi connectivity index (χ0n) is 14.5. The lowest BCUT2D eigenvalue weighted by Crippen LogP contribution is -2.18. The summed E-state index contributed by atoms with van der Waals surface area (Å²) >= 11 is 6.58. The van der Waals surface area contributed by atoms with Crippen molar-refractivity contribution in [2.45, 2.75) is 12.4 Å². The average molecular weight is 544 g/mol. The standard InChI is InChI=1S/C22H6Br2F6/c23-12-5-10-17-15-8(12)3-1-7-2-4-9-13(24)6-11(18(17)16(9)14(7)15)20(22(28,29)30)19(10)21(25,26)27/h1-6H. The molecule has 0 aromatic heterocycles. The van der Waals surface area contributed by atoms with E-state index >= 15 is 0 Å². The Kier molecular flexibility index (Phi) is 3.36. The Morgan fingerprint density at radius 2 is 0.867 bits per heavy atom. The minimum atomic E-state index is -5.18. The van der Waals surface area contributed by atoms with E-state index in [1.165, 1.54) is 12.1 Å². The van der Waals surface area contributed by atoms with Crippen molar-refractivity contribution in [3.05, 3.63) is 56.5 Å². The van der Waals surface area contributed by atoms with Crippen LogP contribution in [-0.2, 0) is 12.4 Å². The Labute approximate surface area is 180 Å². The van der Waals surface area contributed by atoms with Crippen molar-refractivity contribution < 1.29 is 26.3 Å². The van der Waals surface area contributed by atoms with Crippen LogP contribution in [0.1, 0.15) is 11.1 Å². The lowest BCUT2D eigenvalue weighted by atomic mass is 9.90. The number of halogens is 8. The molecule has 0 N–H and O–H groups in total. The zero-order valence-corrected chi connectivity index (χ0v) is 17.7.